The van der Waals surface area contributed by atoms with Gasteiger partial charge in [-0.25, -0.2) is 0 Å². The van der Waals surface area contributed by atoms with E-state index in [1.807, 2.05) is 60.7 Å². The molecule has 24 heavy (non-hydrogen) atoms. The normalized spacial score (nSPS) is 12.8. The van der Waals surface area contributed by atoms with E-state index in [1.165, 1.54) is 0 Å². The highest BCUT2D eigenvalue weighted by atomic mass is 31.2. The molecule has 3 rings (SSSR count). The molecule has 2 N–H and O–H groups in total. The first-order chi connectivity index (χ1) is 11.5. The Morgan fingerprint density at radius 3 is 1.75 bits per heavy atom. The molecule has 0 saturated heterocycles. The first-order valence-electron chi connectivity index (χ1n) is 7.78. The van der Waals surface area contributed by atoms with Crippen LogP contribution in [0.15, 0.2) is 84.9 Å². The molecule has 3 nitrogen and oxygen atoms in total. The molecule has 3 aromatic carbocycles. The van der Waals surface area contributed by atoms with E-state index < -0.39 is 13.3 Å². The van der Waals surface area contributed by atoms with Crippen molar-refractivity contribution in [3.8, 4) is 11.1 Å². The second-order valence-electron chi connectivity index (χ2n) is 5.78. The number of hydrogen-bond acceptors (Lipinski definition) is 1. The Labute approximate surface area is 141 Å². The summed E-state index contributed by atoms with van der Waals surface area (Å²) in [6, 6.07) is 26.9. The third-order valence-electron chi connectivity index (χ3n) is 4.08. The first-order valence-corrected chi connectivity index (χ1v) is 9.47. The molecular formula is C20H19O3P. The Kier molecular flexibility index (Phi) is 4.96. The molecule has 0 saturated carbocycles. The van der Waals surface area contributed by atoms with Crippen molar-refractivity contribution in [2.75, 3.05) is 0 Å². The van der Waals surface area contributed by atoms with Crippen molar-refractivity contribution in [3.05, 3.63) is 96.1 Å². The molecule has 0 bridgehead atoms. The lowest BCUT2D eigenvalue weighted by Crippen LogP contribution is -2.04. The van der Waals surface area contributed by atoms with Crippen LogP contribution in [0.2, 0.25) is 0 Å². The zero-order valence-corrected chi connectivity index (χ0v) is 14.0. The summed E-state index contributed by atoms with van der Waals surface area (Å²) in [5.41, 5.74) is 2.97. The largest absolute Gasteiger partial charge is 0.333 e. The summed E-state index contributed by atoms with van der Waals surface area (Å²) in [6.07, 6.45) is 0.309. The summed E-state index contributed by atoms with van der Waals surface area (Å²) in [6.45, 7) is 0. The summed E-state index contributed by atoms with van der Waals surface area (Å²) < 4.78 is 11.9. The van der Waals surface area contributed by atoms with Gasteiger partial charge in [-0.3, -0.25) is 4.57 Å². The molecule has 0 heterocycles. The van der Waals surface area contributed by atoms with Gasteiger partial charge in [-0.1, -0.05) is 84.9 Å². The minimum absolute atomic E-state index is 0.309. The van der Waals surface area contributed by atoms with E-state index in [4.69, 9.17) is 0 Å². The second kappa shape index (κ2) is 7.14. The zero-order valence-electron chi connectivity index (χ0n) is 13.1. The van der Waals surface area contributed by atoms with Crippen LogP contribution in [0.5, 0.6) is 0 Å². The van der Waals surface area contributed by atoms with Crippen molar-refractivity contribution in [2.45, 2.75) is 12.1 Å². The van der Waals surface area contributed by atoms with E-state index >= 15 is 0 Å². The lowest BCUT2D eigenvalue weighted by molar-refractivity contribution is 0.358. The third kappa shape index (κ3) is 4.01. The molecule has 0 aromatic heterocycles. The lowest BCUT2D eigenvalue weighted by atomic mass is 10.00. The molecule has 0 fully saturated rings. The maximum atomic E-state index is 11.9. The van der Waals surface area contributed by atoms with Crippen LogP contribution >= 0.6 is 7.60 Å². The van der Waals surface area contributed by atoms with Crippen LogP contribution in [-0.4, -0.2) is 9.79 Å². The Hall–Kier alpha value is -2.19. The minimum atomic E-state index is -4.23. The van der Waals surface area contributed by atoms with Crippen LogP contribution < -0.4 is 0 Å². The summed E-state index contributed by atoms with van der Waals surface area (Å²) in [5.74, 6) is 0. The summed E-state index contributed by atoms with van der Waals surface area (Å²) in [7, 11) is -4.23. The fraction of sp³-hybridized carbons (Fsp3) is 0.100. The molecule has 0 aliphatic carbocycles. The van der Waals surface area contributed by atoms with E-state index in [-0.39, 0.29) is 0 Å². The topological polar surface area (TPSA) is 57.5 Å². The van der Waals surface area contributed by atoms with Crippen molar-refractivity contribution in [1.82, 2.24) is 0 Å². The van der Waals surface area contributed by atoms with Gasteiger partial charge in [0.2, 0.25) is 0 Å². The van der Waals surface area contributed by atoms with E-state index in [0.29, 0.717) is 12.0 Å². The van der Waals surface area contributed by atoms with E-state index in [2.05, 4.69) is 0 Å². The number of rotatable bonds is 5. The Bertz CT molecular complexity index is 824. The van der Waals surface area contributed by atoms with Gasteiger partial charge in [-0.15, -0.1) is 0 Å². The molecule has 1 unspecified atom stereocenters. The molecule has 0 radical (unpaired) electrons. The number of benzene rings is 3. The molecule has 0 aliphatic rings. The predicted molar refractivity (Wildman–Crippen MR) is 96.8 cm³/mol. The molecular weight excluding hydrogens is 319 g/mol. The summed E-state index contributed by atoms with van der Waals surface area (Å²) in [5, 5.41) is 0. The van der Waals surface area contributed by atoms with Crippen molar-refractivity contribution >= 4 is 7.60 Å². The molecule has 4 heteroatoms. The molecule has 3 aromatic rings. The van der Waals surface area contributed by atoms with Crippen molar-refractivity contribution < 1.29 is 14.4 Å². The minimum Gasteiger partial charge on any atom is -0.324 e. The highest BCUT2D eigenvalue weighted by molar-refractivity contribution is 7.52. The third-order valence-corrected chi connectivity index (χ3v) is 5.37. The fourth-order valence-electron chi connectivity index (χ4n) is 2.79. The van der Waals surface area contributed by atoms with Crippen LogP contribution in [-0.2, 0) is 11.0 Å². The second-order valence-corrected chi connectivity index (χ2v) is 7.58. The van der Waals surface area contributed by atoms with Gasteiger partial charge in [0.05, 0.1) is 5.66 Å². The molecule has 1 atom stereocenters. The van der Waals surface area contributed by atoms with E-state index in [1.54, 1.807) is 24.3 Å². The van der Waals surface area contributed by atoms with Gasteiger partial charge in [0, 0.05) is 0 Å². The van der Waals surface area contributed by atoms with Crippen molar-refractivity contribution in [2.24, 2.45) is 0 Å². The van der Waals surface area contributed by atoms with Crippen LogP contribution in [0, 0.1) is 0 Å². The van der Waals surface area contributed by atoms with Crippen molar-refractivity contribution in [1.29, 1.82) is 0 Å². The average molecular weight is 338 g/mol. The summed E-state index contributed by atoms with van der Waals surface area (Å²) in [4.78, 5) is 19.5. The van der Waals surface area contributed by atoms with Crippen LogP contribution in [0.4, 0.5) is 0 Å². The molecule has 0 aliphatic heterocycles. The average Bonchev–Trinajstić information content (AvgIpc) is 2.61. The van der Waals surface area contributed by atoms with Crippen LogP contribution in [0.3, 0.4) is 0 Å². The van der Waals surface area contributed by atoms with Crippen LogP contribution in [0.25, 0.3) is 11.1 Å². The Morgan fingerprint density at radius 1 is 0.708 bits per heavy atom. The van der Waals surface area contributed by atoms with E-state index in [0.717, 1.165) is 16.7 Å². The molecule has 122 valence electrons. The van der Waals surface area contributed by atoms with Gasteiger partial charge in [-0.05, 0) is 28.7 Å². The monoisotopic (exact) mass is 338 g/mol. The van der Waals surface area contributed by atoms with Gasteiger partial charge in [0.15, 0.2) is 0 Å². The van der Waals surface area contributed by atoms with Gasteiger partial charge in [0.1, 0.15) is 0 Å². The predicted octanol–water partition coefficient (Wildman–Crippen LogP) is 4.82. The lowest BCUT2D eigenvalue weighted by Gasteiger charge is -2.19. The van der Waals surface area contributed by atoms with Gasteiger partial charge >= 0.3 is 7.60 Å². The standard InChI is InChI=1S/C20H19O3P/c21-24(22,23)20(19-9-5-2-6-10-19)15-16-11-13-18(14-12-16)17-7-3-1-4-8-17/h1-14,20H,15H2,(H2,21,22,23). The van der Waals surface area contributed by atoms with Gasteiger partial charge < -0.3 is 9.79 Å². The quantitative estimate of drug-likeness (QED) is 0.656. The van der Waals surface area contributed by atoms with Crippen LogP contribution in [0.1, 0.15) is 16.8 Å². The summed E-state index contributed by atoms with van der Waals surface area (Å²) >= 11 is 0. The SMILES string of the molecule is O=P(O)(O)C(Cc1ccc(-c2ccccc2)cc1)c1ccccc1. The Balaban J connectivity index is 1.85. The first kappa shape index (κ1) is 16.7. The highest BCUT2D eigenvalue weighted by Gasteiger charge is 2.30. The van der Waals surface area contributed by atoms with Gasteiger partial charge in [0.25, 0.3) is 0 Å². The maximum absolute atomic E-state index is 11.9. The molecule has 0 amide bonds. The zero-order chi connectivity index (χ0) is 17.0. The van der Waals surface area contributed by atoms with Crippen molar-refractivity contribution in [3.63, 3.8) is 0 Å². The maximum Gasteiger partial charge on any atom is 0.333 e. The highest BCUT2D eigenvalue weighted by Crippen LogP contribution is 2.53. The number of hydrogen-bond donors (Lipinski definition) is 2. The van der Waals surface area contributed by atoms with Gasteiger partial charge in [-0.2, -0.15) is 0 Å². The fourth-order valence-corrected chi connectivity index (χ4v) is 3.80. The van der Waals surface area contributed by atoms with E-state index in [9.17, 15) is 14.4 Å². The molecule has 0 spiro atoms. The Morgan fingerprint density at radius 2 is 1.21 bits per heavy atom. The smallest absolute Gasteiger partial charge is 0.324 e.